The van der Waals surface area contributed by atoms with Gasteiger partial charge in [0.15, 0.2) is 5.65 Å². The van der Waals surface area contributed by atoms with Crippen molar-refractivity contribution >= 4 is 29.1 Å². The Morgan fingerprint density at radius 3 is 2.64 bits per heavy atom. The second kappa shape index (κ2) is 8.50. The van der Waals surface area contributed by atoms with Crippen molar-refractivity contribution in [1.29, 1.82) is 5.26 Å². The van der Waals surface area contributed by atoms with E-state index < -0.39 is 5.41 Å². The minimum atomic E-state index is -0.446. The zero-order valence-corrected chi connectivity index (χ0v) is 19.3. The van der Waals surface area contributed by atoms with E-state index in [1.807, 2.05) is 12.1 Å². The number of rotatable bonds is 7. The predicted octanol–water partition coefficient (Wildman–Crippen LogP) is 4.68. The molecule has 0 saturated heterocycles. The number of anilines is 2. The van der Waals surface area contributed by atoms with Gasteiger partial charge in [-0.1, -0.05) is 18.2 Å². The van der Waals surface area contributed by atoms with Crippen LogP contribution in [0.5, 0.6) is 11.5 Å². The largest absolute Gasteiger partial charge is 0.456 e. The fraction of sp³-hybridized carbons (Fsp3) is 0.222. The smallest absolute Gasteiger partial charge is 0.255 e. The minimum absolute atomic E-state index is 0.0509. The van der Waals surface area contributed by atoms with Crippen LogP contribution in [0.25, 0.3) is 5.65 Å². The Morgan fingerprint density at radius 2 is 1.86 bits per heavy atom. The molecule has 2 fully saturated rings. The molecule has 9 nitrogen and oxygen atoms in total. The molecular weight excluding hydrogens is 456 g/mol. The number of aromatic nitrogens is 3. The number of carbonyl (C=O) groups is 2. The second-order valence-electron chi connectivity index (χ2n) is 9.23. The number of hydrogen-bond acceptors (Lipinski definition) is 6. The van der Waals surface area contributed by atoms with E-state index in [0.717, 1.165) is 31.2 Å². The first-order valence-electron chi connectivity index (χ1n) is 11.8. The number of nitriles is 1. The van der Waals surface area contributed by atoms with Crippen LogP contribution in [-0.4, -0.2) is 26.4 Å². The van der Waals surface area contributed by atoms with Gasteiger partial charge in [0.1, 0.15) is 11.5 Å². The molecule has 36 heavy (non-hydrogen) atoms. The number of amides is 2. The minimum Gasteiger partial charge on any atom is -0.456 e. The lowest BCUT2D eigenvalue weighted by Gasteiger charge is -2.11. The van der Waals surface area contributed by atoms with E-state index in [1.165, 1.54) is 0 Å². The van der Waals surface area contributed by atoms with Crippen molar-refractivity contribution in [3.8, 4) is 17.6 Å². The molecule has 2 aliphatic carbocycles. The maximum absolute atomic E-state index is 12.9. The number of nitrogens with zero attached hydrogens (tertiary/aromatic N) is 4. The topological polar surface area (TPSA) is 121 Å². The lowest BCUT2D eigenvalue weighted by molar-refractivity contribution is -0.117. The number of ether oxygens (including phenoxy) is 1. The van der Waals surface area contributed by atoms with Crippen LogP contribution in [0.1, 0.15) is 41.6 Å². The van der Waals surface area contributed by atoms with Crippen molar-refractivity contribution in [3.63, 3.8) is 0 Å². The summed E-state index contributed by atoms with van der Waals surface area (Å²) in [6.07, 6.45) is 5.14. The maximum Gasteiger partial charge on any atom is 0.255 e. The molecule has 2 aromatic carbocycles. The van der Waals surface area contributed by atoms with Gasteiger partial charge in [0.2, 0.25) is 11.9 Å². The monoisotopic (exact) mass is 478 g/mol. The molecule has 2 aromatic heterocycles. The van der Waals surface area contributed by atoms with E-state index in [1.54, 1.807) is 59.2 Å². The van der Waals surface area contributed by atoms with E-state index >= 15 is 0 Å². The van der Waals surface area contributed by atoms with Gasteiger partial charge in [0.05, 0.1) is 17.7 Å². The second-order valence-corrected chi connectivity index (χ2v) is 9.23. The summed E-state index contributed by atoms with van der Waals surface area (Å²) in [6, 6.07) is 20.2. The van der Waals surface area contributed by atoms with Gasteiger partial charge in [-0.25, -0.2) is 4.52 Å². The third-order valence-electron chi connectivity index (χ3n) is 6.46. The highest BCUT2D eigenvalue weighted by atomic mass is 16.5. The highest BCUT2D eigenvalue weighted by Gasteiger charge is 2.45. The molecule has 2 amide bonds. The molecule has 178 valence electrons. The molecule has 6 rings (SSSR count). The third kappa shape index (κ3) is 4.36. The van der Waals surface area contributed by atoms with E-state index in [4.69, 9.17) is 4.74 Å². The van der Waals surface area contributed by atoms with E-state index in [2.05, 4.69) is 26.8 Å². The first kappa shape index (κ1) is 21.8. The molecule has 0 spiro atoms. The highest BCUT2D eigenvalue weighted by molar-refractivity contribution is 6.04. The van der Waals surface area contributed by atoms with Crippen molar-refractivity contribution in [2.24, 2.45) is 5.92 Å². The zero-order chi connectivity index (χ0) is 24.7. The fourth-order valence-corrected chi connectivity index (χ4v) is 4.06. The van der Waals surface area contributed by atoms with Crippen LogP contribution in [0.4, 0.5) is 11.6 Å². The van der Waals surface area contributed by atoms with Gasteiger partial charge in [-0.05, 0) is 67.6 Å². The van der Waals surface area contributed by atoms with Crippen LogP contribution in [0.15, 0.2) is 66.9 Å². The molecule has 2 saturated carbocycles. The van der Waals surface area contributed by atoms with Crippen molar-refractivity contribution in [2.75, 3.05) is 10.6 Å². The third-order valence-corrected chi connectivity index (χ3v) is 6.46. The van der Waals surface area contributed by atoms with Gasteiger partial charge in [-0.2, -0.15) is 10.2 Å². The number of benzene rings is 2. The molecule has 2 heterocycles. The summed E-state index contributed by atoms with van der Waals surface area (Å²) in [5.41, 5.74) is 2.10. The Balaban J connectivity index is 1.15. The van der Waals surface area contributed by atoms with Gasteiger partial charge in [-0.3, -0.25) is 14.9 Å². The van der Waals surface area contributed by atoms with E-state index in [-0.39, 0.29) is 23.7 Å². The highest BCUT2D eigenvalue weighted by Crippen LogP contribution is 2.47. The van der Waals surface area contributed by atoms with Crippen LogP contribution in [-0.2, 0) is 10.2 Å². The molecule has 2 N–H and O–H groups in total. The van der Waals surface area contributed by atoms with Crippen molar-refractivity contribution in [3.05, 3.63) is 78.0 Å². The average Bonchev–Trinajstić information content (AvgIpc) is 3.81. The van der Waals surface area contributed by atoms with Gasteiger partial charge >= 0.3 is 0 Å². The van der Waals surface area contributed by atoms with Crippen LogP contribution in [0.3, 0.4) is 0 Å². The van der Waals surface area contributed by atoms with Gasteiger partial charge < -0.3 is 10.1 Å². The lowest BCUT2D eigenvalue weighted by atomic mass is 9.96. The number of hydrogen-bond donors (Lipinski definition) is 2. The molecule has 0 aliphatic heterocycles. The Bertz CT molecular complexity index is 1540. The summed E-state index contributed by atoms with van der Waals surface area (Å²) >= 11 is 0. The van der Waals surface area contributed by atoms with Crippen LogP contribution < -0.4 is 15.4 Å². The zero-order valence-electron chi connectivity index (χ0n) is 19.3. The molecular formula is C27H22N6O3. The summed E-state index contributed by atoms with van der Waals surface area (Å²) in [5, 5.41) is 19.4. The van der Waals surface area contributed by atoms with Crippen LogP contribution >= 0.6 is 0 Å². The number of carbonyl (C=O) groups excluding carboxylic acids is 2. The average molecular weight is 479 g/mol. The molecule has 0 radical (unpaired) electrons. The van der Waals surface area contributed by atoms with Gasteiger partial charge in [0, 0.05) is 23.2 Å². The normalized spacial score (nSPS) is 15.6. The Labute approximate surface area is 206 Å². The number of fused-ring (bicyclic) bond motifs is 1. The van der Waals surface area contributed by atoms with E-state index in [9.17, 15) is 14.9 Å². The van der Waals surface area contributed by atoms with Crippen molar-refractivity contribution in [1.82, 2.24) is 14.6 Å². The lowest BCUT2D eigenvalue weighted by Crippen LogP contribution is -2.14. The number of nitrogens with one attached hydrogen (secondary N) is 2. The maximum atomic E-state index is 12.9. The van der Waals surface area contributed by atoms with E-state index in [0.29, 0.717) is 28.4 Å². The van der Waals surface area contributed by atoms with Crippen LogP contribution in [0, 0.1) is 17.2 Å². The summed E-state index contributed by atoms with van der Waals surface area (Å²) in [4.78, 5) is 29.1. The Kier molecular flexibility index (Phi) is 5.15. The number of pyridine rings is 1. The molecule has 0 atom stereocenters. The van der Waals surface area contributed by atoms with Crippen LogP contribution in [0.2, 0.25) is 0 Å². The SMILES string of the molecule is N#CC1(c2cccc(C(=O)Nc3cccc(Oc4ccc5nc(NC(=O)C6CC6)nn5c4)c3)c2)CC1. The summed E-state index contributed by atoms with van der Waals surface area (Å²) < 4.78 is 7.52. The quantitative estimate of drug-likeness (QED) is 0.398. The standard InChI is InChI=1S/C27H22N6O3/c28-16-27(11-12-27)19-4-1-3-18(13-19)25(35)29-20-5-2-6-21(14-20)36-22-9-10-23-30-26(32-33(23)15-22)31-24(34)17-7-8-17/h1-6,9-10,13-15,17H,7-8,11-12H2,(H,29,35)(H,31,32,34). The molecule has 0 unspecified atom stereocenters. The Hall–Kier alpha value is -4.71. The fourth-order valence-electron chi connectivity index (χ4n) is 4.06. The molecule has 4 aromatic rings. The summed E-state index contributed by atoms with van der Waals surface area (Å²) in [6.45, 7) is 0. The predicted molar refractivity (Wildman–Crippen MR) is 132 cm³/mol. The Morgan fingerprint density at radius 1 is 1.03 bits per heavy atom. The molecule has 9 heteroatoms. The first-order valence-corrected chi connectivity index (χ1v) is 11.8. The molecule has 0 bridgehead atoms. The first-order chi connectivity index (χ1) is 17.5. The van der Waals surface area contributed by atoms with Gasteiger partial charge in [-0.15, -0.1) is 5.10 Å². The summed E-state index contributed by atoms with van der Waals surface area (Å²) in [5.74, 6) is 1.08. The van der Waals surface area contributed by atoms with Crippen molar-refractivity contribution < 1.29 is 14.3 Å². The summed E-state index contributed by atoms with van der Waals surface area (Å²) in [7, 11) is 0. The van der Waals surface area contributed by atoms with Crippen molar-refractivity contribution in [2.45, 2.75) is 31.1 Å². The van der Waals surface area contributed by atoms with Gasteiger partial charge in [0.25, 0.3) is 5.91 Å². The molecule has 2 aliphatic rings.